The van der Waals surface area contributed by atoms with E-state index in [-0.39, 0.29) is 17.0 Å². The van der Waals surface area contributed by atoms with Crippen LogP contribution in [-0.2, 0) is 12.0 Å². The molecule has 0 atom stereocenters. The Kier molecular flexibility index (Phi) is 4.74. The second-order valence-corrected chi connectivity index (χ2v) is 6.04. The number of nitrogens with one attached hydrogen (secondary N) is 1. The Morgan fingerprint density at radius 1 is 1.28 bits per heavy atom. The zero-order valence-corrected chi connectivity index (χ0v) is 12.5. The second kappa shape index (κ2) is 5.70. The van der Waals surface area contributed by atoms with Crippen molar-refractivity contribution in [2.75, 3.05) is 6.54 Å². The second-order valence-electron chi connectivity index (χ2n) is 6.04. The van der Waals surface area contributed by atoms with Crippen LogP contribution in [0.2, 0.25) is 0 Å². The first-order chi connectivity index (χ1) is 8.29. The van der Waals surface area contributed by atoms with Gasteiger partial charge in [0.15, 0.2) is 0 Å². The van der Waals surface area contributed by atoms with Crippen LogP contribution in [0.1, 0.15) is 58.8 Å². The minimum absolute atomic E-state index is 0.0137. The highest BCUT2D eigenvalue weighted by molar-refractivity contribution is 5.22. The van der Waals surface area contributed by atoms with Gasteiger partial charge in [-0.1, -0.05) is 33.8 Å². The lowest BCUT2D eigenvalue weighted by molar-refractivity contribution is 0.463. The van der Waals surface area contributed by atoms with E-state index in [1.807, 2.05) is 17.6 Å². The first kappa shape index (κ1) is 15.0. The van der Waals surface area contributed by atoms with Gasteiger partial charge in [0.05, 0.1) is 0 Å². The van der Waals surface area contributed by atoms with Crippen LogP contribution in [0.15, 0.2) is 16.9 Å². The zero-order chi connectivity index (χ0) is 13.9. The van der Waals surface area contributed by atoms with Gasteiger partial charge in [-0.15, -0.1) is 0 Å². The van der Waals surface area contributed by atoms with Crippen molar-refractivity contribution in [1.29, 1.82) is 0 Å². The van der Waals surface area contributed by atoms with Crippen LogP contribution in [0.3, 0.4) is 0 Å². The summed E-state index contributed by atoms with van der Waals surface area (Å²) in [6.07, 6.45) is 0. The maximum absolute atomic E-state index is 12.5. The molecule has 0 aliphatic rings. The Morgan fingerprint density at radius 3 is 2.33 bits per heavy atom. The highest BCUT2D eigenvalue weighted by Crippen LogP contribution is 2.23. The predicted octanol–water partition coefficient (Wildman–Crippen LogP) is 2.84. The molecule has 0 saturated carbocycles. The van der Waals surface area contributed by atoms with Crippen LogP contribution in [0.25, 0.3) is 0 Å². The summed E-state index contributed by atoms with van der Waals surface area (Å²) >= 11 is 0. The monoisotopic (exact) mass is 250 g/mol. The van der Waals surface area contributed by atoms with Crippen LogP contribution in [0.5, 0.6) is 0 Å². The van der Waals surface area contributed by atoms with Crippen molar-refractivity contribution in [2.24, 2.45) is 0 Å². The maximum Gasteiger partial charge on any atom is 0.255 e. The van der Waals surface area contributed by atoms with Crippen molar-refractivity contribution in [3.63, 3.8) is 0 Å². The van der Waals surface area contributed by atoms with Crippen LogP contribution >= 0.6 is 0 Å². The number of hydrogen-bond donors (Lipinski definition) is 1. The summed E-state index contributed by atoms with van der Waals surface area (Å²) in [7, 11) is 0. The Balaban J connectivity index is 3.34. The predicted molar refractivity (Wildman–Crippen MR) is 77.2 cm³/mol. The van der Waals surface area contributed by atoms with Crippen molar-refractivity contribution in [2.45, 2.75) is 59.5 Å². The van der Waals surface area contributed by atoms with E-state index in [9.17, 15) is 4.79 Å². The summed E-state index contributed by atoms with van der Waals surface area (Å²) in [4.78, 5) is 12.5. The Labute approximate surface area is 110 Å². The van der Waals surface area contributed by atoms with E-state index in [4.69, 9.17) is 0 Å². The molecule has 0 bridgehead atoms. The molecule has 102 valence electrons. The molecular formula is C15H26N2O. The average Bonchev–Trinajstić information content (AvgIpc) is 2.25. The molecule has 1 aromatic heterocycles. The third-order valence-corrected chi connectivity index (χ3v) is 3.05. The normalized spacial score (nSPS) is 12.2. The molecule has 1 aromatic rings. The topological polar surface area (TPSA) is 34.0 Å². The Hall–Kier alpha value is -1.09. The molecule has 0 spiro atoms. The third kappa shape index (κ3) is 3.22. The fourth-order valence-electron chi connectivity index (χ4n) is 2.11. The summed E-state index contributed by atoms with van der Waals surface area (Å²) in [5.74, 6) is 0. The number of aromatic nitrogens is 1. The lowest BCUT2D eigenvalue weighted by Crippen LogP contribution is -2.34. The van der Waals surface area contributed by atoms with Crippen LogP contribution < -0.4 is 10.9 Å². The van der Waals surface area contributed by atoms with Gasteiger partial charge in [0.2, 0.25) is 0 Å². The molecular weight excluding hydrogens is 224 g/mol. The van der Waals surface area contributed by atoms with Crippen molar-refractivity contribution in [3.05, 3.63) is 33.7 Å². The summed E-state index contributed by atoms with van der Waals surface area (Å²) in [6, 6.07) is 4.24. The van der Waals surface area contributed by atoms with Crippen molar-refractivity contribution < 1.29 is 0 Å². The molecule has 0 fully saturated rings. The SMILES string of the molecule is CCNCc1ccc(C(C)(C)C)n(C(C)C)c1=O. The Morgan fingerprint density at radius 2 is 1.89 bits per heavy atom. The van der Waals surface area contributed by atoms with E-state index in [1.165, 1.54) is 0 Å². The number of hydrogen-bond acceptors (Lipinski definition) is 2. The highest BCUT2D eigenvalue weighted by atomic mass is 16.1. The molecule has 0 unspecified atom stereocenters. The molecule has 0 aliphatic carbocycles. The van der Waals surface area contributed by atoms with Crippen LogP contribution in [0, 0.1) is 0 Å². The number of pyridine rings is 1. The van der Waals surface area contributed by atoms with Gasteiger partial charge < -0.3 is 9.88 Å². The molecule has 1 heterocycles. The van der Waals surface area contributed by atoms with Crippen molar-refractivity contribution in [3.8, 4) is 0 Å². The van der Waals surface area contributed by atoms with Crippen LogP contribution in [0.4, 0.5) is 0 Å². The minimum atomic E-state index is -0.0137. The van der Waals surface area contributed by atoms with Gasteiger partial charge in [-0.25, -0.2) is 0 Å². The highest BCUT2D eigenvalue weighted by Gasteiger charge is 2.21. The molecule has 0 aliphatic heterocycles. The Bertz CT molecular complexity index is 453. The molecule has 0 radical (unpaired) electrons. The van der Waals surface area contributed by atoms with E-state index in [2.05, 4.69) is 46.0 Å². The fourth-order valence-corrected chi connectivity index (χ4v) is 2.11. The van der Waals surface area contributed by atoms with Gasteiger partial charge in [0.1, 0.15) is 0 Å². The molecule has 3 nitrogen and oxygen atoms in total. The largest absolute Gasteiger partial charge is 0.313 e. The molecule has 3 heteroatoms. The van der Waals surface area contributed by atoms with Crippen LogP contribution in [-0.4, -0.2) is 11.1 Å². The lowest BCUT2D eigenvalue weighted by Gasteiger charge is -2.27. The van der Waals surface area contributed by atoms with Gasteiger partial charge in [-0.3, -0.25) is 4.79 Å². The van der Waals surface area contributed by atoms with E-state index in [0.29, 0.717) is 6.54 Å². The van der Waals surface area contributed by atoms with Crippen molar-refractivity contribution >= 4 is 0 Å². The smallest absolute Gasteiger partial charge is 0.255 e. The maximum atomic E-state index is 12.5. The van der Waals surface area contributed by atoms with Gasteiger partial charge in [-0.05, 0) is 26.5 Å². The van der Waals surface area contributed by atoms with Gasteiger partial charge >= 0.3 is 0 Å². The molecule has 0 amide bonds. The standard InChI is InChI=1S/C15H26N2O/c1-7-16-10-12-8-9-13(15(4,5)6)17(11(2)3)14(12)18/h8-9,11,16H,7,10H2,1-6H3. The molecule has 0 saturated heterocycles. The van der Waals surface area contributed by atoms with E-state index < -0.39 is 0 Å². The lowest BCUT2D eigenvalue weighted by atomic mass is 9.90. The van der Waals surface area contributed by atoms with E-state index in [0.717, 1.165) is 17.8 Å². The van der Waals surface area contributed by atoms with Crippen molar-refractivity contribution in [1.82, 2.24) is 9.88 Å². The zero-order valence-electron chi connectivity index (χ0n) is 12.5. The summed E-state index contributed by atoms with van der Waals surface area (Å²) in [5, 5.41) is 3.22. The summed E-state index contributed by atoms with van der Waals surface area (Å²) in [6.45, 7) is 14.1. The first-order valence-corrected chi connectivity index (χ1v) is 6.74. The van der Waals surface area contributed by atoms with Gasteiger partial charge in [-0.2, -0.15) is 0 Å². The molecule has 1 rings (SSSR count). The molecule has 0 aromatic carbocycles. The minimum Gasteiger partial charge on any atom is -0.313 e. The first-order valence-electron chi connectivity index (χ1n) is 6.74. The van der Waals surface area contributed by atoms with E-state index >= 15 is 0 Å². The quantitative estimate of drug-likeness (QED) is 0.891. The summed E-state index contributed by atoms with van der Waals surface area (Å²) < 4.78 is 1.92. The fraction of sp³-hybridized carbons (Fsp3) is 0.667. The number of nitrogens with zero attached hydrogens (tertiary/aromatic N) is 1. The average molecular weight is 250 g/mol. The van der Waals surface area contributed by atoms with E-state index in [1.54, 1.807) is 0 Å². The molecule has 18 heavy (non-hydrogen) atoms. The van der Waals surface area contributed by atoms with Gasteiger partial charge in [0, 0.05) is 29.3 Å². The molecule has 1 N–H and O–H groups in total. The third-order valence-electron chi connectivity index (χ3n) is 3.05. The number of rotatable bonds is 4. The van der Waals surface area contributed by atoms with Gasteiger partial charge in [0.25, 0.3) is 5.56 Å². The summed E-state index contributed by atoms with van der Waals surface area (Å²) in [5.41, 5.74) is 2.07.